The highest BCUT2D eigenvalue weighted by atomic mass is 19.4. The summed E-state index contributed by atoms with van der Waals surface area (Å²) in [7, 11) is 1.78. The zero-order chi connectivity index (χ0) is 24.8. The molecule has 7 nitrogen and oxygen atoms in total. The molecule has 4 N–H and O–H groups in total. The first-order valence-electron chi connectivity index (χ1n) is 10.5. The predicted octanol–water partition coefficient (Wildman–Crippen LogP) is 2.75. The monoisotopic (exact) mass is 465 g/mol. The lowest BCUT2D eigenvalue weighted by Crippen LogP contribution is -2.53. The first kappa shape index (κ1) is 26.1. The van der Waals surface area contributed by atoms with Gasteiger partial charge in [0.1, 0.15) is 11.9 Å². The number of rotatable bonds is 9. The highest BCUT2D eigenvalue weighted by molar-refractivity contribution is 5.89. The molecular weight excluding hydrogens is 435 g/mol. The fourth-order valence-electron chi connectivity index (χ4n) is 3.10. The Labute approximate surface area is 191 Å². The van der Waals surface area contributed by atoms with Gasteiger partial charge in [0.25, 0.3) is 0 Å². The van der Waals surface area contributed by atoms with Crippen molar-refractivity contribution in [2.75, 3.05) is 12.8 Å². The van der Waals surface area contributed by atoms with Gasteiger partial charge in [0.2, 0.25) is 11.8 Å². The van der Waals surface area contributed by atoms with Gasteiger partial charge in [0.05, 0.1) is 11.6 Å². The third kappa shape index (κ3) is 7.74. The summed E-state index contributed by atoms with van der Waals surface area (Å²) in [4.78, 5) is 31.5. The van der Waals surface area contributed by atoms with E-state index in [9.17, 15) is 22.8 Å². The summed E-state index contributed by atoms with van der Waals surface area (Å²) in [6, 6.07) is 6.49. The molecule has 1 heterocycles. The lowest BCUT2D eigenvalue weighted by atomic mass is 10.0. The van der Waals surface area contributed by atoms with Crippen LogP contribution in [0.5, 0.6) is 0 Å². The smallest absolute Gasteiger partial charge is 0.384 e. The van der Waals surface area contributed by atoms with E-state index in [4.69, 9.17) is 5.73 Å². The summed E-state index contributed by atoms with van der Waals surface area (Å²) in [5.74, 6) is -0.576. The van der Waals surface area contributed by atoms with Crippen LogP contribution >= 0.6 is 0 Å². The largest absolute Gasteiger partial charge is 0.416 e. The van der Waals surface area contributed by atoms with Crippen LogP contribution in [-0.4, -0.2) is 46.9 Å². The lowest BCUT2D eigenvalue weighted by molar-refractivity contribution is -0.137. The van der Waals surface area contributed by atoms with Gasteiger partial charge in [-0.25, -0.2) is 4.98 Å². The van der Waals surface area contributed by atoms with Crippen LogP contribution in [0.3, 0.4) is 0 Å². The number of nitrogens with zero attached hydrogens (tertiary/aromatic N) is 2. The number of carbonyl (C=O) groups excluding carboxylic acids is 2. The normalized spacial score (nSPS) is 13.6. The molecular formula is C23H30F3N5O2. The average Bonchev–Trinajstić information content (AvgIpc) is 2.76. The Balaban J connectivity index is 2.20. The molecule has 1 aromatic carbocycles. The molecule has 1 aromatic heterocycles. The van der Waals surface area contributed by atoms with Crippen molar-refractivity contribution in [3.05, 3.63) is 59.3 Å². The van der Waals surface area contributed by atoms with E-state index < -0.39 is 35.6 Å². The third-order valence-corrected chi connectivity index (χ3v) is 5.45. The maximum atomic E-state index is 13.1. The Morgan fingerprint density at radius 3 is 2.36 bits per heavy atom. The average molecular weight is 466 g/mol. The van der Waals surface area contributed by atoms with Crippen molar-refractivity contribution in [3.8, 4) is 0 Å². The van der Waals surface area contributed by atoms with Gasteiger partial charge in [0, 0.05) is 25.2 Å². The highest BCUT2D eigenvalue weighted by Crippen LogP contribution is 2.29. The molecule has 1 unspecified atom stereocenters. The molecule has 0 radical (unpaired) electrons. The van der Waals surface area contributed by atoms with Crippen LogP contribution in [-0.2, 0) is 28.7 Å². The first-order chi connectivity index (χ1) is 15.4. The Bertz CT molecular complexity index is 948. The van der Waals surface area contributed by atoms with Crippen molar-refractivity contribution in [1.82, 2.24) is 20.5 Å². The van der Waals surface area contributed by atoms with Gasteiger partial charge in [-0.05, 0) is 51.1 Å². The van der Waals surface area contributed by atoms with Crippen molar-refractivity contribution in [2.24, 2.45) is 0 Å². The quantitative estimate of drug-likeness (QED) is 0.529. The number of pyridine rings is 1. The summed E-state index contributed by atoms with van der Waals surface area (Å²) in [6.07, 6.45) is -3.09. The van der Waals surface area contributed by atoms with E-state index in [1.54, 1.807) is 26.1 Å². The Hall–Kier alpha value is -3.14. The second kappa shape index (κ2) is 11.1. The predicted molar refractivity (Wildman–Crippen MR) is 120 cm³/mol. The summed E-state index contributed by atoms with van der Waals surface area (Å²) in [6.45, 7) is 5.69. The molecule has 0 fully saturated rings. The number of alkyl halides is 3. The van der Waals surface area contributed by atoms with E-state index >= 15 is 0 Å². The molecule has 0 bridgehead atoms. The van der Waals surface area contributed by atoms with Gasteiger partial charge in [-0.15, -0.1) is 0 Å². The number of halogens is 3. The van der Waals surface area contributed by atoms with Crippen LogP contribution in [0.15, 0.2) is 42.6 Å². The van der Waals surface area contributed by atoms with Crippen molar-refractivity contribution < 1.29 is 22.8 Å². The molecule has 2 atom stereocenters. The van der Waals surface area contributed by atoms with Gasteiger partial charge in [0.15, 0.2) is 0 Å². The SMILES string of the molecule is CC(C)N(C)C(C)C(=O)N[C@@H](Cc1cccc(C(F)(F)F)c1)C(=O)NCc1ccc(N)nc1. The second-order valence-corrected chi connectivity index (χ2v) is 8.21. The molecule has 0 saturated carbocycles. The number of amides is 2. The first-order valence-corrected chi connectivity index (χ1v) is 10.5. The zero-order valence-electron chi connectivity index (χ0n) is 19.1. The van der Waals surface area contributed by atoms with E-state index in [2.05, 4.69) is 15.6 Å². The van der Waals surface area contributed by atoms with E-state index in [0.29, 0.717) is 11.4 Å². The van der Waals surface area contributed by atoms with Gasteiger partial charge in [-0.3, -0.25) is 14.5 Å². The minimum Gasteiger partial charge on any atom is -0.384 e. The Morgan fingerprint density at radius 2 is 1.79 bits per heavy atom. The van der Waals surface area contributed by atoms with E-state index in [0.717, 1.165) is 12.1 Å². The standard InChI is InChI=1S/C23H30F3N5O2/c1-14(2)31(4)15(3)21(32)30-19(11-16-6-5-7-18(10-16)23(24,25)26)22(33)29-13-17-8-9-20(27)28-12-17/h5-10,12,14-15,19H,11,13H2,1-4H3,(H2,27,28)(H,29,33)(H,30,32)/t15?,19-/m0/s1. The molecule has 2 aromatic rings. The number of nitrogens with two attached hydrogens (primary N) is 1. The summed E-state index contributed by atoms with van der Waals surface area (Å²) in [5.41, 5.74) is 5.72. The Morgan fingerprint density at radius 1 is 1.09 bits per heavy atom. The minimum atomic E-state index is -4.51. The Kier molecular flexibility index (Phi) is 8.81. The number of likely N-dealkylation sites (N-methyl/N-ethyl adjacent to an activating group) is 1. The third-order valence-electron chi connectivity index (χ3n) is 5.45. The molecule has 2 rings (SSSR count). The summed E-state index contributed by atoms with van der Waals surface area (Å²) >= 11 is 0. The zero-order valence-corrected chi connectivity index (χ0v) is 19.1. The number of benzene rings is 1. The highest BCUT2D eigenvalue weighted by Gasteiger charge is 2.31. The number of nitrogens with one attached hydrogen (secondary N) is 2. The maximum absolute atomic E-state index is 13.1. The maximum Gasteiger partial charge on any atom is 0.416 e. The molecule has 0 aliphatic rings. The number of aromatic nitrogens is 1. The van der Waals surface area contributed by atoms with E-state index in [1.165, 1.54) is 18.3 Å². The molecule has 33 heavy (non-hydrogen) atoms. The van der Waals surface area contributed by atoms with Crippen molar-refractivity contribution in [1.29, 1.82) is 0 Å². The van der Waals surface area contributed by atoms with Crippen LogP contribution in [0.1, 0.15) is 37.5 Å². The molecule has 0 spiro atoms. The minimum absolute atomic E-state index is 0.0829. The van der Waals surface area contributed by atoms with E-state index in [1.807, 2.05) is 18.7 Å². The lowest BCUT2D eigenvalue weighted by Gasteiger charge is -2.29. The van der Waals surface area contributed by atoms with Crippen LogP contribution < -0.4 is 16.4 Å². The van der Waals surface area contributed by atoms with Gasteiger partial charge < -0.3 is 16.4 Å². The molecule has 10 heteroatoms. The number of nitrogen functional groups attached to an aromatic ring is 1. The molecule has 0 aliphatic heterocycles. The van der Waals surface area contributed by atoms with Crippen LogP contribution in [0.4, 0.5) is 19.0 Å². The fraction of sp³-hybridized carbons (Fsp3) is 0.435. The van der Waals surface area contributed by atoms with Crippen LogP contribution in [0.25, 0.3) is 0 Å². The second-order valence-electron chi connectivity index (χ2n) is 8.21. The van der Waals surface area contributed by atoms with Crippen molar-refractivity contribution in [2.45, 2.75) is 58.0 Å². The van der Waals surface area contributed by atoms with Gasteiger partial charge in [-0.2, -0.15) is 13.2 Å². The molecule has 180 valence electrons. The molecule has 2 amide bonds. The van der Waals surface area contributed by atoms with Gasteiger partial charge >= 0.3 is 6.18 Å². The van der Waals surface area contributed by atoms with Crippen molar-refractivity contribution in [3.63, 3.8) is 0 Å². The molecule has 0 aliphatic carbocycles. The van der Waals surface area contributed by atoms with Crippen LogP contribution in [0, 0.1) is 0 Å². The summed E-state index contributed by atoms with van der Waals surface area (Å²) in [5, 5.41) is 5.40. The number of hydrogen-bond donors (Lipinski definition) is 3. The van der Waals surface area contributed by atoms with Crippen molar-refractivity contribution >= 4 is 17.6 Å². The number of anilines is 1. The molecule has 0 saturated heterocycles. The number of hydrogen-bond acceptors (Lipinski definition) is 5. The van der Waals surface area contributed by atoms with Crippen LogP contribution in [0.2, 0.25) is 0 Å². The van der Waals surface area contributed by atoms with Gasteiger partial charge in [-0.1, -0.05) is 24.3 Å². The fourth-order valence-corrected chi connectivity index (χ4v) is 3.10. The van der Waals surface area contributed by atoms with E-state index in [-0.39, 0.29) is 24.6 Å². The summed E-state index contributed by atoms with van der Waals surface area (Å²) < 4.78 is 39.3. The topological polar surface area (TPSA) is 100 Å². The number of carbonyl (C=O) groups is 2.